The van der Waals surface area contributed by atoms with E-state index in [4.69, 9.17) is 0 Å². The molecule has 1 aromatic heterocycles. The van der Waals surface area contributed by atoms with Gasteiger partial charge >= 0.3 is 0 Å². The maximum Gasteiger partial charge on any atom is 0.263 e. The highest BCUT2D eigenvalue weighted by Crippen LogP contribution is 2.18. The van der Waals surface area contributed by atoms with E-state index in [1.165, 1.54) is 4.57 Å². The first-order valence-corrected chi connectivity index (χ1v) is 8.60. The van der Waals surface area contributed by atoms with E-state index in [9.17, 15) is 14.4 Å². The topological polar surface area (TPSA) is 71.4 Å². The van der Waals surface area contributed by atoms with Crippen LogP contribution in [-0.2, 0) is 11.8 Å². The Morgan fingerprint density at radius 3 is 2.58 bits per heavy atom. The largest absolute Gasteiger partial charge is 0.356 e. The van der Waals surface area contributed by atoms with E-state index >= 15 is 0 Å². The third-order valence-electron chi connectivity index (χ3n) is 4.44. The minimum atomic E-state index is -0.259. The maximum absolute atomic E-state index is 12.5. The number of pyridine rings is 1. The Bertz CT molecular complexity index is 643. The molecule has 0 spiro atoms. The summed E-state index contributed by atoms with van der Waals surface area (Å²) in [7, 11) is 1.64. The van der Waals surface area contributed by atoms with Gasteiger partial charge in [0.25, 0.3) is 11.5 Å². The molecule has 2 amide bonds. The molecule has 24 heavy (non-hydrogen) atoms. The predicted octanol–water partition coefficient (Wildman–Crippen LogP) is 1.40. The fourth-order valence-electron chi connectivity index (χ4n) is 2.97. The smallest absolute Gasteiger partial charge is 0.263 e. The van der Waals surface area contributed by atoms with Crippen LogP contribution in [0.2, 0.25) is 0 Å². The van der Waals surface area contributed by atoms with Gasteiger partial charge in [0.1, 0.15) is 5.56 Å². The number of aromatic nitrogens is 1. The minimum Gasteiger partial charge on any atom is -0.356 e. The van der Waals surface area contributed by atoms with Crippen LogP contribution in [0.5, 0.6) is 0 Å². The van der Waals surface area contributed by atoms with Gasteiger partial charge in [-0.25, -0.2) is 0 Å². The lowest BCUT2D eigenvalue weighted by atomic mass is 9.96. The van der Waals surface area contributed by atoms with Crippen molar-refractivity contribution >= 4 is 11.8 Å². The van der Waals surface area contributed by atoms with Gasteiger partial charge in [-0.15, -0.1) is 0 Å². The molecule has 0 saturated carbocycles. The number of hydrogen-bond acceptors (Lipinski definition) is 3. The number of aryl methyl sites for hydroxylation is 1. The van der Waals surface area contributed by atoms with Gasteiger partial charge in [-0.1, -0.05) is 13.8 Å². The average molecular weight is 333 g/mol. The number of rotatable bonds is 5. The van der Waals surface area contributed by atoms with Gasteiger partial charge in [0.05, 0.1) is 0 Å². The number of hydrogen-bond donors (Lipinski definition) is 1. The minimum absolute atomic E-state index is 0.0938. The first kappa shape index (κ1) is 18.2. The fraction of sp³-hybridized carbons (Fsp3) is 0.611. The predicted molar refractivity (Wildman–Crippen MR) is 92.8 cm³/mol. The highest BCUT2D eigenvalue weighted by molar-refractivity contribution is 5.93. The van der Waals surface area contributed by atoms with Gasteiger partial charge in [-0.2, -0.15) is 0 Å². The number of nitrogens with zero attached hydrogens (tertiary/aromatic N) is 2. The summed E-state index contributed by atoms with van der Waals surface area (Å²) in [6.07, 6.45) is 3.89. The van der Waals surface area contributed by atoms with Crippen LogP contribution >= 0.6 is 0 Å². The first-order valence-electron chi connectivity index (χ1n) is 8.60. The first-order chi connectivity index (χ1) is 11.4. The molecule has 0 atom stereocenters. The van der Waals surface area contributed by atoms with E-state index in [0.717, 1.165) is 12.8 Å². The zero-order valence-electron chi connectivity index (χ0n) is 14.7. The fourth-order valence-corrected chi connectivity index (χ4v) is 2.97. The third-order valence-corrected chi connectivity index (χ3v) is 4.44. The number of amides is 2. The van der Waals surface area contributed by atoms with Crippen LogP contribution in [0.3, 0.4) is 0 Å². The lowest BCUT2D eigenvalue weighted by molar-refractivity contribution is -0.122. The molecule has 0 radical (unpaired) electrons. The number of likely N-dealkylation sites (tertiary alicyclic amines) is 1. The second-order valence-corrected chi connectivity index (χ2v) is 6.98. The van der Waals surface area contributed by atoms with Gasteiger partial charge in [0, 0.05) is 39.3 Å². The number of piperidine rings is 1. The summed E-state index contributed by atoms with van der Waals surface area (Å²) in [6.45, 7) is 5.97. The molecule has 132 valence electrons. The summed E-state index contributed by atoms with van der Waals surface area (Å²) >= 11 is 0. The monoisotopic (exact) mass is 333 g/mol. The Labute approximate surface area is 142 Å². The summed E-state index contributed by atoms with van der Waals surface area (Å²) in [5, 5.41) is 2.98. The Balaban J connectivity index is 1.84. The van der Waals surface area contributed by atoms with Gasteiger partial charge in [-0.05, 0) is 36.8 Å². The molecule has 0 unspecified atom stereocenters. The molecule has 6 nitrogen and oxygen atoms in total. The van der Waals surface area contributed by atoms with Crippen LogP contribution in [0.25, 0.3) is 0 Å². The molecule has 1 fully saturated rings. The summed E-state index contributed by atoms with van der Waals surface area (Å²) < 4.78 is 1.42. The van der Waals surface area contributed by atoms with E-state index in [1.54, 1.807) is 30.3 Å². The van der Waals surface area contributed by atoms with Crippen LogP contribution in [-0.4, -0.2) is 40.9 Å². The molecular weight excluding hydrogens is 306 g/mol. The lowest BCUT2D eigenvalue weighted by Gasteiger charge is -2.32. The van der Waals surface area contributed by atoms with Crippen LogP contribution in [0.15, 0.2) is 23.1 Å². The lowest BCUT2D eigenvalue weighted by Crippen LogP contribution is -2.43. The molecule has 0 aliphatic carbocycles. The molecule has 2 heterocycles. The number of nitrogens with one attached hydrogen (secondary N) is 1. The van der Waals surface area contributed by atoms with Crippen molar-refractivity contribution in [1.29, 1.82) is 0 Å². The molecule has 1 aromatic rings. The molecule has 1 aliphatic heterocycles. The van der Waals surface area contributed by atoms with E-state index in [-0.39, 0.29) is 22.9 Å². The van der Waals surface area contributed by atoms with Crippen LogP contribution < -0.4 is 10.9 Å². The van der Waals surface area contributed by atoms with Crippen molar-refractivity contribution in [2.45, 2.75) is 33.1 Å². The normalized spacial score (nSPS) is 15.6. The average Bonchev–Trinajstić information content (AvgIpc) is 2.55. The maximum atomic E-state index is 12.5. The Morgan fingerprint density at radius 1 is 1.29 bits per heavy atom. The quantitative estimate of drug-likeness (QED) is 0.885. The molecule has 0 aromatic carbocycles. The third kappa shape index (κ3) is 4.69. The highest BCUT2D eigenvalue weighted by atomic mass is 16.2. The molecule has 1 N–H and O–H groups in total. The summed E-state index contributed by atoms with van der Waals surface area (Å²) in [6, 6.07) is 3.30. The molecule has 0 bridgehead atoms. The molecule has 6 heteroatoms. The van der Waals surface area contributed by atoms with Crippen molar-refractivity contribution in [1.82, 2.24) is 14.8 Å². The van der Waals surface area contributed by atoms with Crippen molar-refractivity contribution in [3.63, 3.8) is 0 Å². The molecule has 2 rings (SSSR count). The van der Waals surface area contributed by atoms with E-state index in [1.807, 2.05) is 13.8 Å². The Hall–Kier alpha value is -2.11. The van der Waals surface area contributed by atoms with Crippen LogP contribution in [0, 0.1) is 11.8 Å². The number of carbonyl (C=O) groups excluding carboxylic acids is 2. The van der Waals surface area contributed by atoms with Crippen molar-refractivity contribution in [3.8, 4) is 0 Å². The SMILES string of the molecule is CC(C)CC(=O)NCC1CCN(C(=O)c2cccn(C)c2=O)CC1. The van der Waals surface area contributed by atoms with Gasteiger partial charge in [0.2, 0.25) is 5.91 Å². The van der Waals surface area contributed by atoms with Crippen molar-refractivity contribution in [2.75, 3.05) is 19.6 Å². The van der Waals surface area contributed by atoms with Crippen LogP contribution in [0.1, 0.15) is 43.5 Å². The molecule has 1 saturated heterocycles. The van der Waals surface area contributed by atoms with E-state index in [2.05, 4.69) is 5.32 Å². The molecular formula is C18H27N3O3. The number of carbonyl (C=O) groups is 2. The van der Waals surface area contributed by atoms with E-state index in [0.29, 0.717) is 37.9 Å². The second-order valence-electron chi connectivity index (χ2n) is 6.98. The summed E-state index contributed by atoms with van der Waals surface area (Å²) in [4.78, 5) is 38.0. The van der Waals surface area contributed by atoms with E-state index < -0.39 is 0 Å². The van der Waals surface area contributed by atoms with Crippen molar-refractivity contribution in [3.05, 3.63) is 34.2 Å². The Morgan fingerprint density at radius 2 is 1.96 bits per heavy atom. The summed E-state index contributed by atoms with van der Waals surface area (Å²) in [5.41, 5.74) is -0.0331. The van der Waals surface area contributed by atoms with Crippen LogP contribution in [0.4, 0.5) is 0 Å². The standard InChI is InChI=1S/C18H27N3O3/c1-13(2)11-16(22)19-12-14-6-9-21(10-7-14)18(24)15-5-4-8-20(3)17(15)23/h4-5,8,13-14H,6-7,9-12H2,1-3H3,(H,19,22). The summed E-state index contributed by atoms with van der Waals surface area (Å²) in [5.74, 6) is 0.650. The second kappa shape index (κ2) is 8.13. The zero-order valence-corrected chi connectivity index (χ0v) is 14.7. The Kier molecular flexibility index (Phi) is 6.17. The zero-order chi connectivity index (χ0) is 17.7. The molecule has 1 aliphatic rings. The van der Waals surface area contributed by atoms with Gasteiger partial charge < -0.3 is 14.8 Å². The van der Waals surface area contributed by atoms with Crippen molar-refractivity contribution < 1.29 is 9.59 Å². The van der Waals surface area contributed by atoms with Gasteiger partial charge in [0.15, 0.2) is 0 Å². The highest BCUT2D eigenvalue weighted by Gasteiger charge is 2.25. The van der Waals surface area contributed by atoms with Crippen molar-refractivity contribution in [2.24, 2.45) is 18.9 Å². The van der Waals surface area contributed by atoms with Gasteiger partial charge in [-0.3, -0.25) is 14.4 Å².